The van der Waals surface area contributed by atoms with Crippen molar-refractivity contribution in [2.45, 2.75) is 51.1 Å². The molecule has 3 heterocycles. The largest absolute Gasteiger partial charge is 0.328 e. The number of likely N-dealkylation sites (tertiary alicyclic amines) is 1. The highest BCUT2D eigenvalue weighted by Gasteiger charge is 2.35. The minimum atomic E-state index is -0.0436. The van der Waals surface area contributed by atoms with E-state index in [0.29, 0.717) is 15.6 Å². The summed E-state index contributed by atoms with van der Waals surface area (Å²) in [4.78, 5) is 14.9. The molecule has 1 atom stereocenters. The standard InChI is InChI=1S/C18H20Cl2N4O/c19-13-9-12(10-14(20)11-13)18(25)23-8-4-5-15(23)17-22-21-16-6-2-1-3-7-24(16)17/h9-11,15H,1-8H2. The van der Waals surface area contributed by atoms with Crippen LogP contribution in [0.4, 0.5) is 0 Å². The summed E-state index contributed by atoms with van der Waals surface area (Å²) in [6.45, 7) is 1.66. The number of aryl methyl sites for hydroxylation is 1. The Kier molecular flexibility index (Phi) is 4.69. The van der Waals surface area contributed by atoms with Crippen molar-refractivity contribution >= 4 is 29.1 Å². The molecule has 4 rings (SSSR count). The highest BCUT2D eigenvalue weighted by molar-refractivity contribution is 6.35. The molecule has 2 aliphatic rings. The first-order valence-corrected chi connectivity index (χ1v) is 9.58. The molecular formula is C18H20Cl2N4O. The molecule has 1 saturated heterocycles. The minimum absolute atomic E-state index is 0.0235. The summed E-state index contributed by atoms with van der Waals surface area (Å²) < 4.78 is 2.23. The molecule has 1 fully saturated rings. The van der Waals surface area contributed by atoms with Crippen LogP contribution in [-0.2, 0) is 13.0 Å². The second-order valence-corrected chi connectivity index (χ2v) is 7.62. The van der Waals surface area contributed by atoms with E-state index >= 15 is 0 Å². The van der Waals surface area contributed by atoms with Crippen molar-refractivity contribution < 1.29 is 4.79 Å². The number of rotatable bonds is 2. The molecule has 0 spiro atoms. The van der Waals surface area contributed by atoms with Gasteiger partial charge in [0.25, 0.3) is 5.91 Å². The maximum absolute atomic E-state index is 13.0. The Bertz CT molecular complexity index is 784. The third-order valence-electron chi connectivity index (χ3n) is 5.06. The van der Waals surface area contributed by atoms with E-state index in [-0.39, 0.29) is 11.9 Å². The lowest BCUT2D eigenvalue weighted by Crippen LogP contribution is -2.32. The van der Waals surface area contributed by atoms with Crippen LogP contribution in [-0.4, -0.2) is 32.1 Å². The maximum Gasteiger partial charge on any atom is 0.254 e. The fraction of sp³-hybridized carbons (Fsp3) is 0.500. The van der Waals surface area contributed by atoms with E-state index in [1.807, 2.05) is 4.90 Å². The van der Waals surface area contributed by atoms with Crippen molar-refractivity contribution in [3.8, 4) is 0 Å². The van der Waals surface area contributed by atoms with Gasteiger partial charge in [-0.3, -0.25) is 4.79 Å². The molecule has 7 heteroatoms. The summed E-state index contributed by atoms with van der Waals surface area (Å²) in [7, 11) is 0. The van der Waals surface area contributed by atoms with Crippen LogP contribution in [0.2, 0.25) is 10.0 Å². The van der Waals surface area contributed by atoms with Crippen LogP contribution in [0.5, 0.6) is 0 Å². The van der Waals surface area contributed by atoms with Gasteiger partial charge in [-0.2, -0.15) is 0 Å². The number of benzene rings is 1. The van der Waals surface area contributed by atoms with E-state index in [2.05, 4.69) is 14.8 Å². The van der Waals surface area contributed by atoms with Crippen molar-refractivity contribution in [3.63, 3.8) is 0 Å². The molecule has 1 unspecified atom stereocenters. The number of amides is 1. The third-order valence-corrected chi connectivity index (χ3v) is 5.50. The Morgan fingerprint density at radius 1 is 1.00 bits per heavy atom. The zero-order valence-electron chi connectivity index (χ0n) is 13.9. The van der Waals surface area contributed by atoms with E-state index in [4.69, 9.17) is 23.2 Å². The summed E-state index contributed by atoms with van der Waals surface area (Å²) in [6.07, 6.45) is 6.37. The van der Waals surface area contributed by atoms with Gasteiger partial charge in [-0.1, -0.05) is 29.6 Å². The Morgan fingerprint density at radius 3 is 2.60 bits per heavy atom. The number of carbonyl (C=O) groups excluding carboxylic acids is 1. The van der Waals surface area contributed by atoms with Crippen molar-refractivity contribution in [3.05, 3.63) is 45.5 Å². The number of hydrogen-bond acceptors (Lipinski definition) is 3. The summed E-state index contributed by atoms with van der Waals surface area (Å²) in [5.41, 5.74) is 0.528. The predicted octanol–water partition coefficient (Wildman–Crippen LogP) is 4.29. The molecular weight excluding hydrogens is 359 g/mol. The quantitative estimate of drug-likeness (QED) is 0.782. The molecule has 2 aromatic rings. The fourth-order valence-corrected chi connectivity index (χ4v) is 4.40. The first-order chi connectivity index (χ1) is 12.1. The zero-order chi connectivity index (χ0) is 17.4. The van der Waals surface area contributed by atoms with E-state index < -0.39 is 0 Å². The lowest BCUT2D eigenvalue weighted by atomic mass is 10.1. The molecule has 25 heavy (non-hydrogen) atoms. The SMILES string of the molecule is O=C(c1cc(Cl)cc(Cl)c1)N1CCCC1c1nnc2n1CCCCC2. The second kappa shape index (κ2) is 6.96. The molecule has 1 aromatic carbocycles. The number of nitrogens with zero attached hydrogens (tertiary/aromatic N) is 4. The maximum atomic E-state index is 13.0. The minimum Gasteiger partial charge on any atom is -0.328 e. The smallest absolute Gasteiger partial charge is 0.254 e. The Balaban J connectivity index is 1.65. The van der Waals surface area contributed by atoms with E-state index in [9.17, 15) is 4.79 Å². The van der Waals surface area contributed by atoms with E-state index in [0.717, 1.165) is 56.8 Å². The highest BCUT2D eigenvalue weighted by Crippen LogP contribution is 2.34. The Hall–Kier alpha value is -1.59. The number of aromatic nitrogens is 3. The topological polar surface area (TPSA) is 51.0 Å². The average molecular weight is 379 g/mol. The monoisotopic (exact) mass is 378 g/mol. The van der Waals surface area contributed by atoms with Gasteiger partial charge >= 0.3 is 0 Å². The van der Waals surface area contributed by atoms with Gasteiger partial charge in [0, 0.05) is 35.1 Å². The lowest BCUT2D eigenvalue weighted by molar-refractivity contribution is 0.0727. The predicted molar refractivity (Wildman–Crippen MR) is 97.1 cm³/mol. The molecule has 5 nitrogen and oxygen atoms in total. The molecule has 1 amide bonds. The van der Waals surface area contributed by atoms with Crippen molar-refractivity contribution in [2.75, 3.05) is 6.54 Å². The van der Waals surface area contributed by atoms with Crippen LogP contribution in [0.1, 0.15) is 60.2 Å². The first-order valence-electron chi connectivity index (χ1n) is 8.82. The van der Waals surface area contributed by atoms with Crippen LogP contribution in [0.25, 0.3) is 0 Å². The van der Waals surface area contributed by atoms with Gasteiger partial charge in [0.05, 0.1) is 6.04 Å². The van der Waals surface area contributed by atoms with Crippen LogP contribution >= 0.6 is 23.2 Å². The van der Waals surface area contributed by atoms with Crippen molar-refractivity contribution in [1.29, 1.82) is 0 Å². The van der Waals surface area contributed by atoms with Gasteiger partial charge in [0.2, 0.25) is 0 Å². The van der Waals surface area contributed by atoms with Gasteiger partial charge in [-0.05, 0) is 43.9 Å². The molecule has 1 aromatic heterocycles. The summed E-state index contributed by atoms with van der Waals surface area (Å²) in [5, 5.41) is 9.79. The average Bonchev–Trinajstić information content (AvgIpc) is 3.14. The molecule has 0 aliphatic carbocycles. The van der Waals surface area contributed by atoms with E-state index in [1.165, 1.54) is 6.42 Å². The van der Waals surface area contributed by atoms with Gasteiger partial charge in [-0.15, -0.1) is 10.2 Å². The van der Waals surface area contributed by atoms with Crippen LogP contribution in [0, 0.1) is 0 Å². The number of carbonyl (C=O) groups is 1. The second-order valence-electron chi connectivity index (χ2n) is 6.75. The zero-order valence-corrected chi connectivity index (χ0v) is 15.4. The van der Waals surface area contributed by atoms with Crippen LogP contribution in [0.15, 0.2) is 18.2 Å². The third kappa shape index (κ3) is 3.27. The molecule has 0 N–H and O–H groups in total. The van der Waals surface area contributed by atoms with Crippen LogP contribution < -0.4 is 0 Å². The van der Waals surface area contributed by atoms with Gasteiger partial charge in [0.1, 0.15) is 5.82 Å². The normalized spacial score (nSPS) is 20.4. The van der Waals surface area contributed by atoms with Gasteiger partial charge in [0.15, 0.2) is 5.82 Å². The van der Waals surface area contributed by atoms with Gasteiger partial charge in [-0.25, -0.2) is 0 Å². The van der Waals surface area contributed by atoms with E-state index in [1.54, 1.807) is 18.2 Å². The highest BCUT2D eigenvalue weighted by atomic mass is 35.5. The number of fused-ring (bicyclic) bond motifs is 1. The Labute approximate surface area is 156 Å². The molecule has 2 aliphatic heterocycles. The summed E-state index contributed by atoms with van der Waals surface area (Å²) >= 11 is 12.1. The van der Waals surface area contributed by atoms with Gasteiger partial charge < -0.3 is 9.47 Å². The van der Waals surface area contributed by atoms with Crippen molar-refractivity contribution in [2.24, 2.45) is 0 Å². The molecule has 132 valence electrons. The lowest BCUT2D eigenvalue weighted by Gasteiger charge is -2.25. The Morgan fingerprint density at radius 2 is 1.80 bits per heavy atom. The number of hydrogen-bond donors (Lipinski definition) is 0. The summed E-state index contributed by atoms with van der Waals surface area (Å²) in [6, 6.07) is 4.97. The van der Waals surface area contributed by atoms with Crippen LogP contribution in [0.3, 0.4) is 0 Å². The first kappa shape index (κ1) is 16.9. The molecule has 0 bridgehead atoms. The summed E-state index contributed by atoms with van der Waals surface area (Å²) in [5.74, 6) is 1.94. The fourth-order valence-electron chi connectivity index (χ4n) is 3.88. The van der Waals surface area contributed by atoms with Crippen molar-refractivity contribution in [1.82, 2.24) is 19.7 Å². The molecule has 0 radical (unpaired) electrons. The number of halogens is 2. The molecule has 0 saturated carbocycles.